The third-order valence-corrected chi connectivity index (χ3v) is 5.35. The molecule has 0 bridgehead atoms. The maximum atomic E-state index is 4.41. The maximum absolute atomic E-state index is 4.41. The highest BCUT2D eigenvalue weighted by atomic mass is 127. The predicted molar refractivity (Wildman–Crippen MR) is 118 cm³/mol. The van der Waals surface area contributed by atoms with Gasteiger partial charge < -0.3 is 10.6 Å². The van der Waals surface area contributed by atoms with Crippen LogP contribution in [0.15, 0.2) is 52.1 Å². The number of hydrogen-bond acceptors (Lipinski definition) is 2. The van der Waals surface area contributed by atoms with Crippen molar-refractivity contribution in [2.24, 2.45) is 4.99 Å². The van der Waals surface area contributed by atoms with E-state index in [4.69, 9.17) is 0 Å². The Morgan fingerprint density at radius 1 is 1.20 bits per heavy atom. The molecule has 0 radical (unpaired) electrons. The van der Waals surface area contributed by atoms with Crippen LogP contribution in [-0.2, 0) is 12.0 Å². The monoisotopic (exact) mass is 514 g/mol. The average Bonchev–Trinajstić information content (AvgIpc) is 3.38. The van der Waals surface area contributed by atoms with Gasteiger partial charge in [-0.25, -0.2) is 0 Å². The molecule has 1 aliphatic rings. The molecule has 25 heavy (non-hydrogen) atoms. The van der Waals surface area contributed by atoms with Gasteiger partial charge in [0.2, 0.25) is 0 Å². The van der Waals surface area contributed by atoms with Crippen molar-refractivity contribution in [2.45, 2.75) is 31.7 Å². The predicted octanol–water partition coefficient (Wildman–Crippen LogP) is 4.17. The van der Waals surface area contributed by atoms with Crippen LogP contribution in [0.2, 0.25) is 0 Å². The third kappa shape index (κ3) is 4.94. The summed E-state index contributed by atoms with van der Waals surface area (Å²) in [6.07, 6.45) is 4.24. The van der Waals surface area contributed by atoms with Gasteiger partial charge in [-0.3, -0.25) is 9.98 Å². The summed E-state index contributed by atoms with van der Waals surface area (Å²) < 4.78 is 1.19. The van der Waals surface area contributed by atoms with E-state index in [1.807, 2.05) is 12.3 Å². The highest BCUT2D eigenvalue weighted by Crippen LogP contribution is 2.49. The first kappa shape index (κ1) is 20.2. The minimum Gasteiger partial charge on any atom is -0.356 e. The van der Waals surface area contributed by atoms with Crippen LogP contribution in [0.1, 0.15) is 29.7 Å². The van der Waals surface area contributed by atoms with Crippen molar-refractivity contribution >= 4 is 45.9 Å². The molecule has 0 saturated heterocycles. The second-order valence-electron chi connectivity index (χ2n) is 6.31. The van der Waals surface area contributed by atoms with Gasteiger partial charge in [-0.2, -0.15) is 0 Å². The van der Waals surface area contributed by atoms with Crippen LogP contribution < -0.4 is 10.6 Å². The summed E-state index contributed by atoms with van der Waals surface area (Å²) in [6, 6.07) is 12.5. The molecule has 2 N–H and O–H groups in total. The lowest BCUT2D eigenvalue weighted by Gasteiger charge is -2.20. The molecule has 3 rings (SSSR count). The molecule has 0 amide bonds. The van der Waals surface area contributed by atoms with Gasteiger partial charge in [0.05, 0.1) is 12.2 Å². The molecule has 1 aliphatic carbocycles. The summed E-state index contributed by atoms with van der Waals surface area (Å²) in [4.78, 5) is 8.75. The van der Waals surface area contributed by atoms with Gasteiger partial charge in [-0.05, 0) is 43.0 Å². The molecule has 6 heteroatoms. The topological polar surface area (TPSA) is 49.3 Å². The first-order chi connectivity index (χ1) is 11.6. The van der Waals surface area contributed by atoms with E-state index in [-0.39, 0.29) is 29.4 Å². The SMILES string of the molecule is CN=C(NCc1ncccc1C)NCC1(c2ccccc2Br)CC1.I. The zero-order valence-corrected chi connectivity index (χ0v) is 18.5. The summed E-state index contributed by atoms with van der Waals surface area (Å²) in [5.74, 6) is 0.818. The quantitative estimate of drug-likeness (QED) is 0.357. The molecule has 2 aromatic rings. The lowest BCUT2D eigenvalue weighted by Crippen LogP contribution is -2.41. The zero-order valence-electron chi connectivity index (χ0n) is 14.6. The Morgan fingerprint density at radius 3 is 2.60 bits per heavy atom. The molecule has 1 aromatic carbocycles. The third-order valence-electron chi connectivity index (χ3n) is 4.66. The average molecular weight is 515 g/mol. The first-order valence-corrected chi connectivity index (χ1v) is 9.04. The fourth-order valence-corrected chi connectivity index (χ4v) is 3.63. The normalized spacial score (nSPS) is 15.2. The first-order valence-electron chi connectivity index (χ1n) is 8.25. The van der Waals surface area contributed by atoms with Crippen LogP contribution in [0.25, 0.3) is 0 Å². The standard InChI is InChI=1S/C19H23BrN4.HI/c1-14-6-5-11-22-17(14)12-23-18(21-2)24-13-19(9-10-19)15-7-3-4-8-16(15)20;/h3-8,11H,9-10,12-13H2,1-2H3,(H2,21,23,24);1H. The van der Waals surface area contributed by atoms with Gasteiger partial charge in [0, 0.05) is 29.7 Å². The van der Waals surface area contributed by atoms with Crippen molar-refractivity contribution in [1.29, 1.82) is 0 Å². The van der Waals surface area contributed by atoms with E-state index < -0.39 is 0 Å². The van der Waals surface area contributed by atoms with Crippen LogP contribution in [0.3, 0.4) is 0 Å². The van der Waals surface area contributed by atoms with Crippen LogP contribution in [0.5, 0.6) is 0 Å². The van der Waals surface area contributed by atoms with Crippen molar-refractivity contribution in [2.75, 3.05) is 13.6 Å². The van der Waals surface area contributed by atoms with Crippen molar-refractivity contribution in [3.8, 4) is 0 Å². The molecule has 1 saturated carbocycles. The van der Waals surface area contributed by atoms with Crippen molar-refractivity contribution in [3.63, 3.8) is 0 Å². The second-order valence-corrected chi connectivity index (χ2v) is 7.16. The number of benzene rings is 1. The molecule has 0 spiro atoms. The van der Waals surface area contributed by atoms with Crippen LogP contribution in [0, 0.1) is 6.92 Å². The van der Waals surface area contributed by atoms with Gasteiger partial charge >= 0.3 is 0 Å². The van der Waals surface area contributed by atoms with Crippen LogP contribution in [-0.4, -0.2) is 24.5 Å². The summed E-state index contributed by atoms with van der Waals surface area (Å²) in [6.45, 7) is 3.64. The molecule has 0 atom stereocenters. The number of aryl methyl sites for hydroxylation is 1. The van der Waals surface area contributed by atoms with Gasteiger partial charge in [-0.1, -0.05) is 40.2 Å². The summed E-state index contributed by atoms with van der Waals surface area (Å²) in [5.41, 5.74) is 3.84. The number of guanidine groups is 1. The van der Waals surface area contributed by atoms with E-state index in [1.54, 1.807) is 7.05 Å². The number of nitrogens with one attached hydrogen (secondary N) is 2. The lowest BCUT2D eigenvalue weighted by molar-refractivity contribution is 0.642. The summed E-state index contributed by atoms with van der Waals surface area (Å²) >= 11 is 3.68. The smallest absolute Gasteiger partial charge is 0.191 e. The number of aliphatic imine (C=N–C) groups is 1. The maximum Gasteiger partial charge on any atom is 0.191 e. The van der Waals surface area contributed by atoms with Crippen molar-refractivity contribution < 1.29 is 0 Å². The molecule has 0 aliphatic heterocycles. The number of hydrogen-bond donors (Lipinski definition) is 2. The van der Waals surface area contributed by atoms with E-state index >= 15 is 0 Å². The number of halogens is 2. The van der Waals surface area contributed by atoms with Crippen LogP contribution in [0.4, 0.5) is 0 Å². The van der Waals surface area contributed by atoms with E-state index in [1.165, 1.54) is 28.4 Å². The largest absolute Gasteiger partial charge is 0.356 e. The molecular formula is C19H24BrIN4. The molecule has 134 valence electrons. The van der Waals surface area contributed by atoms with Gasteiger partial charge in [0.15, 0.2) is 5.96 Å². The Labute approximate surface area is 175 Å². The molecule has 1 fully saturated rings. The van der Waals surface area contributed by atoms with Gasteiger partial charge in [0.1, 0.15) is 0 Å². The molecular weight excluding hydrogens is 491 g/mol. The molecule has 1 aromatic heterocycles. The van der Waals surface area contributed by atoms with E-state index in [0.717, 1.165) is 18.2 Å². The zero-order chi connectivity index (χ0) is 17.0. The van der Waals surface area contributed by atoms with Gasteiger partial charge in [0.25, 0.3) is 0 Å². The fourth-order valence-electron chi connectivity index (χ4n) is 2.93. The Kier molecular flexibility index (Phi) is 7.25. The summed E-state index contributed by atoms with van der Waals surface area (Å²) in [5, 5.41) is 6.84. The molecule has 4 nitrogen and oxygen atoms in total. The second kappa shape index (κ2) is 8.98. The van der Waals surface area contributed by atoms with E-state index in [9.17, 15) is 0 Å². The van der Waals surface area contributed by atoms with Crippen molar-refractivity contribution in [1.82, 2.24) is 15.6 Å². The van der Waals surface area contributed by atoms with Crippen LogP contribution >= 0.6 is 39.9 Å². The highest BCUT2D eigenvalue weighted by molar-refractivity contribution is 14.0. The van der Waals surface area contributed by atoms with E-state index in [2.05, 4.69) is 73.8 Å². The fraction of sp³-hybridized carbons (Fsp3) is 0.368. The number of pyridine rings is 1. The lowest BCUT2D eigenvalue weighted by atomic mass is 9.96. The van der Waals surface area contributed by atoms with E-state index in [0.29, 0.717) is 6.54 Å². The Balaban J connectivity index is 0.00000225. The van der Waals surface area contributed by atoms with Crippen molar-refractivity contribution in [3.05, 3.63) is 63.9 Å². The Morgan fingerprint density at radius 2 is 1.96 bits per heavy atom. The molecule has 1 heterocycles. The minimum atomic E-state index is 0. The highest BCUT2D eigenvalue weighted by Gasteiger charge is 2.45. The molecule has 0 unspecified atom stereocenters. The number of aromatic nitrogens is 1. The summed E-state index contributed by atoms with van der Waals surface area (Å²) in [7, 11) is 1.80. The number of rotatable bonds is 5. The number of nitrogens with zero attached hydrogens (tertiary/aromatic N) is 2. The minimum absolute atomic E-state index is 0. The Bertz CT molecular complexity index is 744. The Hall–Kier alpha value is -1.15. The van der Waals surface area contributed by atoms with Gasteiger partial charge in [-0.15, -0.1) is 24.0 Å².